The van der Waals surface area contributed by atoms with Crippen LogP contribution in [0.3, 0.4) is 0 Å². The molecule has 0 aliphatic heterocycles. The van der Waals surface area contributed by atoms with E-state index in [9.17, 15) is 4.39 Å². The van der Waals surface area contributed by atoms with Crippen molar-refractivity contribution in [1.29, 1.82) is 0 Å². The molecule has 112 valence electrons. The highest BCUT2D eigenvalue weighted by molar-refractivity contribution is 5.36. The predicted molar refractivity (Wildman–Crippen MR) is 84.0 cm³/mol. The molecule has 0 spiro atoms. The van der Waals surface area contributed by atoms with Gasteiger partial charge in [0.1, 0.15) is 6.61 Å². The van der Waals surface area contributed by atoms with Crippen molar-refractivity contribution in [3.8, 4) is 5.75 Å². The molecule has 0 aliphatic carbocycles. The van der Waals surface area contributed by atoms with Gasteiger partial charge in [0.05, 0.1) is 0 Å². The molecule has 0 saturated heterocycles. The van der Waals surface area contributed by atoms with Crippen LogP contribution in [0.2, 0.25) is 0 Å². The molecule has 2 nitrogen and oxygen atoms in total. The van der Waals surface area contributed by atoms with Gasteiger partial charge in [0, 0.05) is 6.04 Å². The second kappa shape index (κ2) is 6.72. The number of hydrogen-bond donors (Lipinski definition) is 1. The van der Waals surface area contributed by atoms with Gasteiger partial charge in [-0.15, -0.1) is 0 Å². The zero-order valence-electron chi connectivity index (χ0n) is 12.8. The van der Waals surface area contributed by atoms with Crippen molar-refractivity contribution in [2.24, 2.45) is 5.73 Å². The average Bonchev–Trinajstić information content (AvgIpc) is 2.41. The van der Waals surface area contributed by atoms with Crippen LogP contribution in [0, 0.1) is 19.7 Å². The van der Waals surface area contributed by atoms with E-state index in [2.05, 4.69) is 26.0 Å². The molecule has 0 aliphatic rings. The Balaban J connectivity index is 2.17. The van der Waals surface area contributed by atoms with E-state index in [0.717, 1.165) is 11.1 Å². The Morgan fingerprint density at radius 2 is 1.90 bits per heavy atom. The molecule has 0 heterocycles. The first-order valence-corrected chi connectivity index (χ1v) is 7.19. The fraction of sp³-hybridized carbons (Fsp3) is 0.333. The van der Waals surface area contributed by atoms with E-state index in [4.69, 9.17) is 10.5 Å². The number of ether oxygens (including phenoxy) is 1. The maximum absolute atomic E-state index is 14.0. The van der Waals surface area contributed by atoms with Crippen LogP contribution in [0.25, 0.3) is 0 Å². The van der Waals surface area contributed by atoms with Gasteiger partial charge < -0.3 is 10.5 Å². The molecule has 2 rings (SSSR count). The summed E-state index contributed by atoms with van der Waals surface area (Å²) in [5, 5.41) is 0. The second-order valence-electron chi connectivity index (χ2n) is 5.62. The summed E-state index contributed by atoms with van der Waals surface area (Å²) in [6.45, 7) is 6.38. The minimum absolute atomic E-state index is 0.0317. The third-order valence-electron chi connectivity index (χ3n) is 3.54. The minimum atomic E-state index is -0.336. The number of halogens is 1. The largest absolute Gasteiger partial charge is 0.486 e. The lowest BCUT2D eigenvalue weighted by Gasteiger charge is -2.14. The number of nitrogens with two attached hydrogens (primary N) is 1. The molecule has 1 atom stereocenters. The molecule has 2 aromatic carbocycles. The van der Waals surface area contributed by atoms with E-state index in [1.807, 2.05) is 19.1 Å². The number of para-hydroxylation sites is 1. The highest BCUT2D eigenvalue weighted by atomic mass is 19.1. The molecule has 1 unspecified atom stereocenters. The number of rotatable bonds is 5. The standard InChI is InChI=1S/C18H22FNO/c1-12-7-8-15(9-13(12)2)11-21-18-16(10-14(3)20)5-4-6-17(18)19/h4-9,14H,10-11,20H2,1-3H3. The molecule has 2 N–H and O–H groups in total. The smallest absolute Gasteiger partial charge is 0.165 e. The maximum atomic E-state index is 14.0. The van der Waals surface area contributed by atoms with Gasteiger partial charge in [-0.1, -0.05) is 30.3 Å². The van der Waals surface area contributed by atoms with Gasteiger partial charge in [0.2, 0.25) is 0 Å². The fourth-order valence-corrected chi connectivity index (χ4v) is 2.27. The highest BCUT2D eigenvalue weighted by Gasteiger charge is 2.11. The third kappa shape index (κ3) is 4.05. The Morgan fingerprint density at radius 1 is 1.14 bits per heavy atom. The first-order valence-electron chi connectivity index (χ1n) is 7.19. The molecule has 0 aromatic heterocycles. The van der Waals surface area contributed by atoms with E-state index in [-0.39, 0.29) is 11.9 Å². The highest BCUT2D eigenvalue weighted by Crippen LogP contribution is 2.25. The first kappa shape index (κ1) is 15.5. The van der Waals surface area contributed by atoms with E-state index in [0.29, 0.717) is 18.8 Å². The van der Waals surface area contributed by atoms with Crippen molar-refractivity contribution in [1.82, 2.24) is 0 Å². The van der Waals surface area contributed by atoms with Crippen molar-refractivity contribution >= 4 is 0 Å². The molecule has 0 bridgehead atoms. The third-order valence-corrected chi connectivity index (χ3v) is 3.54. The van der Waals surface area contributed by atoms with E-state index in [1.54, 1.807) is 6.07 Å². The molecule has 3 heteroatoms. The number of benzene rings is 2. The molecule has 0 amide bonds. The Labute approximate surface area is 125 Å². The Bertz CT molecular complexity index is 623. The summed E-state index contributed by atoms with van der Waals surface area (Å²) in [6, 6.07) is 11.1. The summed E-state index contributed by atoms with van der Waals surface area (Å²) in [5.41, 5.74) is 10.1. The molecule has 0 radical (unpaired) electrons. The lowest BCUT2D eigenvalue weighted by molar-refractivity contribution is 0.286. The van der Waals surface area contributed by atoms with Crippen molar-refractivity contribution < 1.29 is 9.13 Å². The first-order chi connectivity index (χ1) is 9.97. The molecule has 2 aromatic rings. The molecular formula is C18H22FNO. The predicted octanol–water partition coefficient (Wildman–Crippen LogP) is 3.91. The average molecular weight is 287 g/mol. The van der Waals surface area contributed by atoms with Gasteiger partial charge in [0.25, 0.3) is 0 Å². The van der Waals surface area contributed by atoms with Gasteiger partial charge in [-0.25, -0.2) is 4.39 Å². The normalized spacial score (nSPS) is 12.2. The lowest BCUT2D eigenvalue weighted by atomic mass is 10.1. The van der Waals surface area contributed by atoms with E-state index >= 15 is 0 Å². The Hall–Kier alpha value is -1.87. The Kier molecular flexibility index (Phi) is 4.97. The van der Waals surface area contributed by atoms with E-state index < -0.39 is 0 Å². The lowest BCUT2D eigenvalue weighted by Crippen LogP contribution is -2.18. The zero-order chi connectivity index (χ0) is 15.4. The topological polar surface area (TPSA) is 35.2 Å². The maximum Gasteiger partial charge on any atom is 0.165 e. The molecule has 0 fully saturated rings. The van der Waals surface area contributed by atoms with Crippen LogP contribution in [0.15, 0.2) is 36.4 Å². The van der Waals surface area contributed by atoms with Gasteiger partial charge in [-0.3, -0.25) is 0 Å². The summed E-state index contributed by atoms with van der Waals surface area (Å²) in [7, 11) is 0. The van der Waals surface area contributed by atoms with Crippen LogP contribution in [0.1, 0.15) is 29.2 Å². The van der Waals surface area contributed by atoms with Crippen molar-refractivity contribution in [3.63, 3.8) is 0 Å². The summed E-state index contributed by atoms with van der Waals surface area (Å²) >= 11 is 0. The van der Waals surface area contributed by atoms with Crippen molar-refractivity contribution in [3.05, 3.63) is 64.5 Å². The van der Waals surface area contributed by atoms with Crippen LogP contribution in [0.5, 0.6) is 5.75 Å². The van der Waals surface area contributed by atoms with Gasteiger partial charge in [-0.05, 0) is 55.5 Å². The summed E-state index contributed by atoms with van der Waals surface area (Å²) in [5.74, 6) is -0.0231. The van der Waals surface area contributed by atoms with Crippen LogP contribution in [-0.4, -0.2) is 6.04 Å². The van der Waals surface area contributed by atoms with Crippen LogP contribution < -0.4 is 10.5 Å². The quantitative estimate of drug-likeness (QED) is 0.905. The molecule has 0 saturated carbocycles. The van der Waals surface area contributed by atoms with Crippen LogP contribution >= 0.6 is 0 Å². The Morgan fingerprint density at radius 3 is 2.57 bits per heavy atom. The molecule has 21 heavy (non-hydrogen) atoms. The van der Waals surface area contributed by atoms with Crippen LogP contribution in [-0.2, 0) is 13.0 Å². The number of hydrogen-bond acceptors (Lipinski definition) is 2. The van der Waals surface area contributed by atoms with Gasteiger partial charge in [-0.2, -0.15) is 0 Å². The fourth-order valence-electron chi connectivity index (χ4n) is 2.27. The second-order valence-corrected chi connectivity index (χ2v) is 5.62. The zero-order valence-corrected chi connectivity index (χ0v) is 12.8. The van der Waals surface area contributed by atoms with Crippen molar-refractivity contribution in [2.75, 3.05) is 0 Å². The summed E-state index contributed by atoms with van der Waals surface area (Å²) in [4.78, 5) is 0. The van der Waals surface area contributed by atoms with Crippen molar-refractivity contribution in [2.45, 2.75) is 39.8 Å². The van der Waals surface area contributed by atoms with Crippen LogP contribution in [0.4, 0.5) is 4.39 Å². The summed E-state index contributed by atoms with van der Waals surface area (Å²) in [6.07, 6.45) is 0.597. The minimum Gasteiger partial charge on any atom is -0.486 e. The number of aryl methyl sites for hydroxylation is 2. The SMILES string of the molecule is Cc1ccc(COc2c(F)cccc2CC(C)N)cc1C. The molecular weight excluding hydrogens is 265 g/mol. The van der Waals surface area contributed by atoms with Gasteiger partial charge >= 0.3 is 0 Å². The van der Waals surface area contributed by atoms with Gasteiger partial charge in [0.15, 0.2) is 11.6 Å². The van der Waals surface area contributed by atoms with E-state index in [1.165, 1.54) is 17.2 Å². The summed E-state index contributed by atoms with van der Waals surface area (Å²) < 4.78 is 19.7. The monoisotopic (exact) mass is 287 g/mol.